The quantitative estimate of drug-likeness (QED) is 0.0983. The topological polar surface area (TPSA) is 4.44 Å². The Morgan fingerprint density at radius 1 is 0.371 bits per heavy atom. The van der Waals surface area contributed by atoms with E-state index >= 15 is 0 Å². The number of benzene rings is 5. The van der Waals surface area contributed by atoms with Crippen LogP contribution in [0.3, 0.4) is 0 Å². The Morgan fingerprint density at radius 3 is 0.823 bits per heavy atom. The first-order valence-electron chi connectivity index (χ1n) is 17.1. The van der Waals surface area contributed by atoms with Gasteiger partial charge in [0.05, 0.1) is 47.5 Å². The van der Waals surface area contributed by atoms with Gasteiger partial charge in [-0.2, -0.15) is 101 Å². The van der Waals surface area contributed by atoms with Gasteiger partial charge in [0.2, 0.25) is 0 Å². The van der Waals surface area contributed by atoms with Crippen molar-refractivity contribution in [3.8, 4) is 0 Å². The molecule has 0 aliphatic carbocycles. The smallest absolute Gasteiger partial charge is 0.307 e. The Kier molecular flexibility index (Phi) is 14.3. The molecule has 24 heteroatoms. The highest BCUT2D eigenvalue weighted by Crippen LogP contribution is 2.39. The van der Waals surface area contributed by atoms with E-state index in [1.165, 1.54) is 10.6 Å². The summed E-state index contributed by atoms with van der Waals surface area (Å²) in [6, 6.07) is 6.08. The SMILES string of the molecule is C[NH+](C)c1ccccc1.FC(F)(F)c1cc([B-](c2ccc([Si](Cl)(Cl)Cl)cc2)(c2cc(C(F)(F)F)cc(C(F)(F)F)c2)c2cc(C(F)(F)F)cc(C(F)(F)F)c2)cc(C(F)(F)F)c1. The summed E-state index contributed by atoms with van der Waals surface area (Å²) in [7, 11) is 4.24. The standard InChI is InChI=1S/C30H13BCl3F18Si.C8H11N/c32-53(33,34)24-3-1-20(2-4-24)31(21-8-14(25(35,36)37)5-15(9-21)26(38,39)40,22-10-16(27(41,42)43)6-17(11-22)28(44,45)46)23-12-18(29(47,48)49)7-19(13-23)30(50,51)52;1-9(2)8-6-4-3-5-7-8/h1-13H;3-7H,1-2H3/q-1;/p+1. The predicted octanol–water partition coefficient (Wildman–Crippen LogP) is 10.5. The third-order valence-corrected chi connectivity index (χ3v) is 12.4. The first kappa shape index (κ1) is 50.6. The number of para-hydroxylation sites is 1. The Labute approximate surface area is 354 Å². The highest BCUT2D eigenvalue weighted by molar-refractivity contribution is 7.69. The molecule has 5 aromatic rings. The van der Waals surface area contributed by atoms with Gasteiger partial charge in [-0.3, -0.25) is 0 Å². The third kappa shape index (κ3) is 11.7. The molecule has 5 rings (SSSR count). The number of hydrogen-bond donors (Lipinski definition) is 1. The van der Waals surface area contributed by atoms with Gasteiger partial charge in [-0.05, 0) is 35.5 Å². The Hall–Kier alpha value is -4.05. The largest absolute Gasteiger partial charge is 0.416 e. The van der Waals surface area contributed by atoms with Crippen LogP contribution in [0.4, 0.5) is 84.7 Å². The van der Waals surface area contributed by atoms with E-state index in [1.54, 1.807) is 0 Å². The van der Waals surface area contributed by atoms with Crippen molar-refractivity contribution >= 4 is 78.1 Å². The van der Waals surface area contributed by atoms with E-state index in [2.05, 4.69) is 38.4 Å². The number of rotatable bonds is 6. The van der Waals surface area contributed by atoms with Crippen LogP contribution in [-0.2, 0) is 37.1 Å². The molecule has 1 nitrogen and oxygen atoms in total. The van der Waals surface area contributed by atoms with Crippen LogP contribution in [0, 0.1) is 0 Å². The third-order valence-electron chi connectivity index (χ3n) is 9.42. The summed E-state index contributed by atoms with van der Waals surface area (Å²) in [5.74, 6) is 0. The molecular weight excluding hydrogens is 958 g/mol. The van der Waals surface area contributed by atoms with E-state index in [4.69, 9.17) is 33.2 Å². The average Bonchev–Trinajstić information content (AvgIpc) is 3.13. The second-order valence-corrected chi connectivity index (χ2v) is 22.3. The molecule has 0 saturated heterocycles. The highest BCUT2D eigenvalue weighted by atomic mass is 35.8. The van der Waals surface area contributed by atoms with Crippen LogP contribution in [0.15, 0.2) is 109 Å². The van der Waals surface area contributed by atoms with Crippen molar-refractivity contribution in [3.05, 3.63) is 143 Å². The van der Waals surface area contributed by atoms with Gasteiger partial charge in [-0.25, -0.2) is 0 Å². The summed E-state index contributed by atoms with van der Waals surface area (Å²) in [5.41, 5.74) is -18.1. The lowest BCUT2D eigenvalue weighted by Gasteiger charge is -2.46. The van der Waals surface area contributed by atoms with Gasteiger partial charge >= 0.3 is 43.1 Å². The van der Waals surface area contributed by atoms with E-state index in [0.717, 1.165) is 12.1 Å². The normalized spacial score (nSPS) is 13.5. The van der Waals surface area contributed by atoms with E-state index < -0.39 is 123 Å². The molecule has 5 aromatic carbocycles. The van der Waals surface area contributed by atoms with E-state index in [1.807, 2.05) is 6.07 Å². The minimum Gasteiger partial charge on any atom is -0.307 e. The summed E-state index contributed by atoms with van der Waals surface area (Å²) in [6.07, 6.45) is -39.6. The first-order valence-corrected chi connectivity index (χ1v) is 22.1. The Morgan fingerprint density at radius 2 is 0.629 bits per heavy atom. The number of halogens is 21. The van der Waals surface area contributed by atoms with Gasteiger partial charge in [-0.1, -0.05) is 78.9 Å². The predicted molar refractivity (Wildman–Crippen MR) is 202 cm³/mol. The molecule has 0 heterocycles. The highest BCUT2D eigenvalue weighted by Gasteiger charge is 2.45. The second kappa shape index (κ2) is 17.5. The van der Waals surface area contributed by atoms with Gasteiger partial charge < -0.3 is 4.90 Å². The monoisotopic (exact) mass is 981 g/mol. The second-order valence-electron chi connectivity index (χ2n) is 13.9. The molecule has 0 saturated carbocycles. The van der Waals surface area contributed by atoms with Crippen LogP contribution < -0.4 is 31.9 Å². The van der Waals surface area contributed by atoms with Crippen molar-refractivity contribution in [2.45, 2.75) is 37.1 Å². The molecule has 0 aliphatic rings. The average molecular weight is 983 g/mol. The fourth-order valence-electron chi connectivity index (χ4n) is 6.57. The fraction of sp³-hybridized carbons (Fsp3) is 0.211. The molecular formula is C38H25BCl3F18NSi. The number of alkyl halides is 18. The van der Waals surface area contributed by atoms with E-state index in [9.17, 15) is 79.0 Å². The van der Waals surface area contributed by atoms with Crippen molar-refractivity contribution in [3.63, 3.8) is 0 Å². The summed E-state index contributed by atoms with van der Waals surface area (Å²) in [4.78, 5) is 1.37. The minimum atomic E-state index is -5.79. The van der Waals surface area contributed by atoms with Crippen LogP contribution in [0.25, 0.3) is 0 Å². The summed E-state index contributed by atoms with van der Waals surface area (Å²) >= 11 is 17.8. The molecule has 0 aliphatic heterocycles. The zero-order valence-corrected chi connectivity index (χ0v) is 34.2. The van der Waals surface area contributed by atoms with Gasteiger partial charge in [0.15, 0.2) is 0 Å². The van der Waals surface area contributed by atoms with Gasteiger partial charge in [-0.15, -0.1) is 33.2 Å². The maximum Gasteiger partial charge on any atom is 0.416 e. The Balaban J connectivity index is 0.000000831. The molecule has 0 fully saturated rings. The maximum absolute atomic E-state index is 14.2. The van der Waals surface area contributed by atoms with Crippen molar-refractivity contribution in [1.29, 1.82) is 0 Å². The van der Waals surface area contributed by atoms with E-state index in [0.29, 0.717) is 12.1 Å². The molecule has 0 bridgehead atoms. The molecule has 1 N–H and O–H groups in total. The summed E-state index contributed by atoms with van der Waals surface area (Å²) < 4.78 is 256. The van der Waals surface area contributed by atoms with Crippen molar-refractivity contribution in [1.82, 2.24) is 0 Å². The lowest BCUT2D eigenvalue weighted by Crippen LogP contribution is -3.00. The lowest BCUT2D eigenvalue weighted by atomic mass is 9.12. The molecule has 0 radical (unpaired) electrons. The van der Waals surface area contributed by atoms with Crippen molar-refractivity contribution < 1.29 is 83.9 Å². The molecule has 0 spiro atoms. The van der Waals surface area contributed by atoms with E-state index in [-0.39, 0.29) is 41.6 Å². The summed E-state index contributed by atoms with van der Waals surface area (Å²) in [5, 5.41) is -0.281. The minimum absolute atomic E-state index is 0.228. The Bertz CT molecular complexity index is 2070. The first-order chi connectivity index (χ1) is 28.0. The molecule has 336 valence electrons. The zero-order chi connectivity index (χ0) is 47.2. The zero-order valence-electron chi connectivity index (χ0n) is 30.9. The van der Waals surface area contributed by atoms with Crippen LogP contribution >= 0.6 is 33.2 Å². The van der Waals surface area contributed by atoms with Crippen molar-refractivity contribution in [2.75, 3.05) is 14.1 Å². The lowest BCUT2D eigenvalue weighted by molar-refractivity contribution is -0.786. The molecule has 0 amide bonds. The van der Waals surface area contributed by atoms with Crippen LogP contribution in [0.2, 0.25) is 0 Å². The van der Waals surface area contributed by atoms with Crippen LogP contribution in [-0.4, -0.2) is 26.2 Å². The van der Waals surface area contributed by atoms with Crippen LogP contribution in [0.1, 0.15) is 33.4 Å². The number of quaternary nitrogens is 1. The fourth-order valence-corrected chi connectivity index (χ4v) is 8.25. The molecule has 0 atom stereocenters. The van der Waals surface area contributed by atoms with Crippen molar-refractivity contribution in [2.24, 2.45) is 0 Å². The molecule has 62 heavy (non-hydrogen) atoms. The van der Waals surface area contributed by atoms with Gasteiger partial charge in [0, 0.05) is 0 Å². The summed E-state index contributed by atoms with van der Waals surface area (Å²) in [6.45, 7) is 0. The number of hydrogen-bond acceptors (Lipinski definition) is 0. The van der Waals surface area contributed by atoms with Crippen LogP contribution in [0.5, 0.6) is 0 Å². The molecule has 0 aromatic heterocycles. The van der Waals surface area contributed by atoms with Gasteiger partial charge in [0.1, 0.15) is 11.8 Å². The number of nitrogens with one attached hydrogen (secondary N) is 1. The molecule has 0 unspecified atom stereocenters. The van der Waals surface area contributed by atoms with Gasteiger partial charge in [0.25, 0.3) is 0 Å². The maximum atomic E-state index is 14.2.